The number of benzene rings is 1. The first-order valence-electron chi connectivity index (χ1n) is 6.19. The second kappa shape index (κ2) is 7.30. The SMILES string of the molecule is CCC(C)CSc1ccc(CC(C)N)cc1Cl. The van der Waals surface area contributed by atoms with Crippen LogP contribution in [-0.4, -0.2) is 11.8 Å². The lowest BCUT2D eigenvalue weighted by Gasteiger charge is -2.11. The van der Waals surface area contributed by atoms with Crippen molar-refractivity contribution in [2.45, 2.75) is 44.6 Å². The first kappa shape index (κ1) is 14.9. The number of thioether (sulfide) groups is 1. The predicted octanol–water partition coefficient (Wildman–Crippen LogP) is 4.37. The third-order valence-electron chi connectivity index (χ3n) is 2.77. The molecule has 3 heteroatoms. The van der Waals surface area contributed by atoms with Crippen LogP contribution in [0.1, 0.15) is 32.8 Å². The molecule has 0 heterocycles. The van der Waals surface area contributed by atoms with Crippen molar-refractivity contribution in [2.75, 3.05) is 5.75 Å². The molecule has 0 fully saturated rings. The Morgan fingerprint density at radius 3 is 2.59 bits per heavy atom. The molecule has 0 saturated heterocycles. The Kier molecular flexibility index (Phi) is 6.39. The summed E-state index contributed by atoms with van der Waals surface area (Å²) in [6.45, 7) is 6.50. The monoisotopic (exact) mass is 271 g/mol. The summed E-state index contributed by atoms with van der Waals surface area (Å²) in [6.07, 6.45) is 2.10. The number of hydrogen-bond acceptors (Lipinski definition) is 2. The first-order valence-corrected chi connectivity index (χ1v) is 7.56. The van der Waals surface area contributed by atoms with Gasteiger partial charge in [0, 0.05) is 16.7 Å². The molecule has 0 aliphatic carbocycles. The van der Waals surface area contributed by atoms with Crippen LogP contribution < -0.4 is 5.73 Å². The molecule has 0 aliphatic heterocycles. The smallest absolute Gasteiger partial charge is 0.0544 e. The first-order chi connectivity index (χ1) is 8.02. The zero-order chi connectivity index (χ0) is 12.8. The van der Waals surface area contributed by atoms with Gasteiger partial charge in [0.15, 0.2) is 0 Å². The highest BCUT2D eigenvalue weighted by atomic mass is 35.5. The van der Waals surface area contributed by atoms with Gasteiger partial charge in [0.05, 0.1) is 5.02 Å². The normalized spacial score (nSPS) is 14.6. The quantitative estimate of drug-likeness (QED) is 0.778. The maximum Gasteiger partial charge on any atom is 0.0544 e. The van der Waals surface area contributed by atoms with E-state index < -0.39 is 0 Å². The molecule has 0 aliphatic rings. The van der Waals surface area contributed by atoms with Crippen LogP contribution in [-0.2, 0) is 6.42 Å². The van der Waals surface area contributed by atoms with Gasteiger partial charge in [0.2, 0.25) is 0 Å². The van der Waals surface area contributed by atoms with Crippen LogP contribution in [0.4, 0.5) is 0 Å². The number of rotatable bonds is 6. The summed E-state index contributed by atoms with van der Waals surface area (Å²) in [5.74, 6) is 1.86. The lowest BCUT2D eigenvalue weighted by Crippen LogP contribution is -2.17. The lowest BCUT2D eigenvalue weighted by atomic mass is 10.1. The third kappa shape index (κ3) is 5.33. The highest BCUT2D eigenvalue weighted by Gasteiger charge is 2.06. The van der Waals surface area contributed by atoms with E-state index in [1.807, 2.05) is 24.8 Å². The van der Waals surface area contributed by atoms with Gasteiger partial charge >= 0.3 is 0 Å². The van der Waals surface area contributed by atoms with Gasteiger partial charge in [-0.3, -0.25) is 0 Å². The maximum absolute atomic E-state index is 6.28. The average molecular weight is 272 g/mol. The molecular weight excluding hydrogens is 250 g/mol. The van der Waals surface area contributed by atoms with Gasteiger partial charge in [-0.2, -0.15) is 0 Å². The highest BCUT2D eigenvalue weighted by molar-refractivity contribution is 7.99. The molecule has 1 rings (SSSR count). The van der Waals surface area contributed by atoms with Crippen molar-refractivity contribution >= 4 is 23.4 Å². The van der Waals surface area contributed by atoms with Crippen molar-refractivity contribution in [3.05, 3.63) is 28.8 Å². The summed E-state index contributed by atoms with van der Waals surface area (Å²) < 4.78 is 0. The summed E-state index contributed by atoms with van der Waals surface area (Å²) >= 11 is 8.12. The van der Waals surface area contributed by atoms with Crippen molar-refractivity contribution in [3.8, 4) is 0 Å². The van der Waals surface area contributed by atoms with Crippen LogP contribution in [0.2, 0.25) is 5.02 Å². The summed E-state index contributed by atoms with van der Waals surface area (Å²) in [4.78, 5) is 1.18. The van der Waals surface area contributed by atoms with E-state index >= 15 is 0 Å². The van der Waals surface area contributed by atoms with E-state index in [2.05, 4.69) is 26.0 Å². The molecule has 0 saturated carbocycles. The van der Waals surface area contributed by atoms with Crippen LogP contribution in [0.25, 0.3) is 0 Å². The standard InChI is InChI=1S/C14H22ClNS/c1-4-10(2)9-17-14-6-5-12(7-11(3)16)8-13(14)15/h5-6,8,10-11H,4,7,9,16H2,1-3H3. The van der Waals surface area contributed by atoms with Gasteiger partial charge in [-0.15, -0.1) is 11.8 Å². The largest absolute Gasteiger partial charge is 0.328 e. The maximum atomic E-state index is 6.28. The molecule has 0 bridgehead atoms. The van der Waals surface area contributed by atoms with E-state index in [1.54, 1.807) is 0 Å². The zero-order valence-electron chi connectivity index (χ0n) is 10.9. The van der Waals surface area contributed by atoms with Gasteiger partial charge in [-0.05, 0) is 37.0 Å². The van der Waals surface area contributed by atoms with Crippen LogP contribution in [0.3, 0.4) is 0 Å². The summed E-state index contributed by atoms with van der Waals surface area (Å²) in [5.41, 5.74) is 7.00. The van der Waals surface area contributed by atoms with Gasteiger partial charge in [0.1, 0.15) is 0 Å². The van der Waals surface area contributed by atoms with E-state index in [0.29, 0.717) is 0 Å². The fourth-order valence-corrected chi connectivity index (χ4v) is 2.94. The van der Waals surface area contributed by atoms with Crippen molar-refractivity contribution in [3.63, 3.8) is 0 Å². The second-order valence-electron chi connectivity index (χ2n) is 4.77. The summed E-state index contributed by atoms with van der Waals surface area (Å²) in [5, 5.41) is 0.858. The summed E-state index contributed by atoms with van der Waals surface area (Å²) in [6, 6.07) is 6.48. The molecule has 17 heavy (non-hydrogen) atoms. The van der Waals surface area contributed by atoms with Crippen molar-refractivity contribution in [1.82, 2.24) is 0 Å². The van der Waals surface area contributed by atoms with Gasteiger partial charge in [0.25, 0.3) is 0 Å². The third-order valence-corrected chi connectivity index (χ3v) is 4.60. The predicted molar refractivity (Wildman–Crippen MR) is 79.0 cm³/mol. The van der Waals surface area contributed by atoms with Crippen LogP contribution in [0.5, 0.6) is 0 Å². The van der Waals surface area contributed by atoms with Gasteiger partial charge in [-0.1, -0.05) is 37.9 Å². The lowest BCUT2D eigenvalue weighted by molar-refractivity contribution is 0.637. The Hall–Kier alpha value is -0.180. The molecular formula is C14H22ClNS. The molecule has 0 radical (unpaired) electrons. The topological polar surface area (TPSA) is 26.0 Å². The van der Waals surface area contributed by atoms with E-state index in [-0.39, 0.29) is 6.04 Å². The second-order valence-corrected chi connectivity index (χ2v) is 6.24. The Morgan fingerprint density at radius 1 is 1.35 bits per heavy atom. The molecule has 2 unspecified atom stereocenters. The number of nitrogens with two attached hydrogens (primary N) is 1. The van der Waals surface area contributed by atoms with Crippen molar-refractivity contribution < 1.29 is 0 Å². The minimum absolute atomic E-state index is 0.185. The molecule has 2 N–H and O–H groups in total. The molecule has 96 valence electrons. The van der Waals surface area contributed by atoms with Crippen molar-refractivity contribution in [1.29, 1.82) is 0 Å². The van der Waals surface area contributed by atoms with E-state index in [1.165, 1.54) is 16.9 Å². The molecule has 1 aromatic rings. The number of hydrogen-bond donors (Lipinski definition) is 1. The minimum Gasteiger partial charge on any atom is -0.328 e. The average Bonchev–Trinajstić information content (AvgIpc) is 2.26. The highest BCUT2D eigenvalue weighted by Crippen LogP contribution is 2.30. The fraction of sp³-hybridized carbons (Fsp3) is 0.571. The summed E-state index contributed by atoms with van der Waals surface area (Å²) in [7, 11) is 0. The molecule has 0 amide bonds. The van der Waals surface area contributed by atoms with E-state index in [4.69, 9.17) is 17.3 Å². The van der Waals surface area contributed by atoms with Crippen molar-refractivity contribution in [2.24, 2.45) is 11.7 Å². The Morgan fingerprint density at radius 2 is 2.06 bits per heavy atom. The zero-order valence-corrected chi connectivity index (χ0v) is 12.4. The molecule has 1 nitrogen and oxygen atoms in total. The van der Waals surface area contributed by atoms with Gasteiger partial charge < -0.3 is 5.73 Å². The van der Waals surface area contributed by atoms with Gasteiger partial charge in [-0.25, -0.2) is 0 Å². The fourth-order valence-electron chi connectivity index (χ4n) is 1.51. The molecule has 2 atom stereocenters. The number of halogens is 1. The molecule has 0 spiro atoms. The Bertz CT molecular complexity index is 352. The Balaban J connectivity index is 2.63. The van der Waals surface area contributed by atoms with E-state index in [9.17, 15) is 0 Å². The molecule has 0 aromatic heterocycles. The van der Waals surface area contributed by atoms with Crippen LogP contribution in [0, 0.1) is 5.92 Å². The Labute approximate surface area is 114 Å². The van der Waals surface area contributed by atoms with E-state index in [0.717, 1.165) is 23.1 Å². The van der Waals surface area contributed by atoms with Crippen LogP contribution >= 0.6 is 23.4 Å². The minimum atomic E-state index is 0.185. The van der Waals surface area contributed by atoms with Crippen LogP contribution in [0.15, 0.2) is 23.1 Å². The molecule has 1 aromatic carbocycles.